The number of rotatable bonds is 2. The van der Waals surface area contributed by atoms with Crippen LogP contribution in [-0.2, 0) is 16.0 Å². The molecule has 0 saturated carbocycles. The minimum Gasteiger partial charge on any atom is -0.353 e. The van der Waals surface area contributed by atoms with Crippen molar-refractivity contribution in [1.29, 1.82) is 0 Å². The Morgan fingerprint density at radius 2 is 1.84 bits per heavy atom. The van der Waals surface area contributed by atoms with Crippen molar-refractivity contribution >= 4 is 11.8 Å². The molecule has 2 saturated heterocycles. The first kappa shape index (κ1) is 12.2. The summed E-state index contributed by atoms with van der Waals surface area (Å²) >= 11 is 0. The van der Waals surface area contributed by atoms with Crippen LogP contribution in [0, 0.1) is 0 Å². The molecule has 0 aliphatic carbocycles. The molecule has 100 valence electrons. The quantitative estimate of drug-likeness (QED) is 0.754. The molecular weight excluding hydrogens is 242 g/mol. The number of fused-ring (bicyclic) bond motifs is 1. The van der Waals surface area contributed by atoms with E-state index in [9.17, 15) is 9.59 Å². The zero-order valence-corrected chi connectivity index (χ0v) is 10.6. The third kappa shape index (κ3) is 2.61. The second kappa shape index (κ2) is 5.01. The number of hydrogen-bond acceptors (Lipinski definition) is 3. The van der Waals surface area contributed by atoms with Gasteiger partial charge in [-0.3, -0.25) is 14.5 Å². The molecule has 0 bridgehead atoms. The summed E-state index contributed by atoms with van der Waals surface area (Å²) in [6, 6.07) is 10.4. The molecule has 2 N–H and O–H groups in total. The fourth-order valence-corrected chi connectivity index (χ4v) is 2.86. The van der Waals surface area contributed by atoms with E-state index in [0.717, 1.165) is 6.42 Å². The predicted octanol–water partition coefficient (Wildman–Crippen LogP) is -0.472. The van der Waals surface area contributed by atoms with Crippen molar-refractivity contribution in [2.24, 2.45) is 0 Å². The van der Waals surface area contributed by atoms with Crippen LogP contribution in [-0.4, -0.2) is 48.4 Å². The number of piperazine rings is 2. The molecule has 19 heavy (non-hydrogen) atoms. The van der Waals surface area contributed by atoms with Crippen molar-refractivity contribution in [3.63, 3.8) is 0 Å². The van der Waals surface area contributed by atoms with Gasteiger partial charge in [0.15, 0.2) is 0 Å². The van der Waals surface area contributed by atoms with Crippen LogP contribution in [0.4, 0.5) is 0 Å². The largest absolute Gasteiger partial charge is 0.353 e. The summed E-state index contributed by atoms with van der Waals surface area (Å²) in [7, 11) is 0. The second-order valence-corrected chi connectivity index (χ2v) is 5.14. The summed E-state index contributed by atoms with van der Waals surface area (Å²) in [5.74, 6) is 0.0105. The van der Waals surface area contributed by atoms with Crippen LogP contribution in [0.1, 0.15) is 5.56 Å². The third-order valence-electron chi connectivity index (χ3n) is 3.78. The summed E-state index contributed by atoms with van der Waals surface area (Å²) in [6.07, 6.45) is 0.795. The Kier molecular flexibility index (Phi) is 3.21. The first-order valence-corrected chi connectivity index (χ1v) is 6.56. The zero-order valence-electron chi connectivity index (χ0n) is 10.6. The van der Waals surface area contributed by atoms with Gasteiger partial charge in [-0.05, 0) is 12.0 Å². The summed E-state index contributed by atoms with van der Waals surface area (Å²) < 4.78 is 0. The molecule has 5 nitrogen and oxygen atoms in total. The maximum Gasteiger partial charge on any atom is 0.234 e. The summed E-state index contributed by atoms with van der Waals surface area (Å²) in [5.41, 5.74) is 1.20. The van der Waals surface area contributed by atoms with Crippen molar-refractivity contribution in [2.75, 3.05) is 19.6 Å². The topological polar surface area (TPSA) is 61.4 Å². The Bertz CT molecular complexity index is 487. The van der Waals surface area contributed by atoms with Gasteiger partial charge in [-0.25, -0.2) is 0 Å². The smallest absolute Gasteiger partial charge is 0.234 e. The number of hydrogen-bond donors (Lipinski definition) is 2. The minimum atomic E-state index is 0.00408. The van der Waals surface area contributed by atoms with Crippen molar-refractivity contribution in [3.05, 3.63) is 35.9 Å². The second-order valence-electron chi connectivity index (χ2n) is 5.14. The van der Waals surface area contributed by atoms with Crippen molar-refractivity contribution in [2.45, 2.75) is 18.5 Å². The van der Waals surface area contributed by atoms with Crippen LogP contribution in [0.15, 0.2) is 30.3 Å². The molecule has 0 radical (unpaired) electrons. The van der Waals surface area contributed by atoms with Crippen molar-refractivity contribution in [1.82, 2.24) is 15.5 Å². The highest BCUT2D eigenvalue weighted by Crippen LogP contribution is 2.16. The highest BCUT2D eigenvalue weighted by atomic mass is 16.2. The van der Waals surface area contributed by atoms with E-state index in [2.05, 4.69) is 22.8 Å². The molecular formula is C14H17N3O2. The van der Waals surface area contributed by atoms with Gasteiger partial charge in [0, 0.05) is 12.6 Å². The van der Waals surface area contributed by atoms with E-state index in [-0.39, 0.29) is 23.9 Å². The molecule has 1 unspecified atom stereocenters. The van der Waals surface area contributed by atoms with E-state index >= 15 is 0 Å². The van der Waals surface area contributed by atoms with Crippen LogP contribution >= 0.6 is 0 Å². The first-order chi connectivity index (χ1) is 9.22. The Morgan fingerprint density at radius 3 is 2.63 bits per heavy atom. The maximum absolute atomic E-state index is 11.7. The SMILES string of the molecule is O=C1CN2CC(=O)N[C@@H](Cc3ccccc3)C2CN1. The fraction of sp³-hybridized carbons (Fsp3) is 0.429. The molecule has 2 fully saturated rings. The van der Waals surface area contributed by atoms with E-state index in [1.807, 2.05) is 23.1 Å². The summed E-state index contributed by atoms with van der Waals surface area (Å²) in [4.78, 5) is 25.1. The minimum absolute atomic E-state index is 0.00408. The average molecular weight is 259 g/mol. The Balaban J connectivity index is 1.76. The number of nitrogens with one attached hydrogen (secondary N) is 2. The van der Waals surface area contributed by atoms with Crippen LogP contribution < -0.4 is 10.6 Å². The molecule has 0 aromatic heterocycles. The van der Waals surface area contributed by atoms with Gasteiger partial charge in [0.1, 0.15) is 0 Å². The molecule has 1 aromatic rings. The summed E-state index contributed by atoms with van der Waals surface area (Å²) in [5, 5.41) is 5.93. The lowest BCUT2D eigenvalue weighted by atomic mass is 9.94. The fourth-order valence-electron chi connectivity index (χ4n) is 2.86. The number of carbonyl (C=O) groups is 2. The number of nitrogens with zero attached hydrogens (tertiary/aromatic N) is 1. The number of amides is 2. The normalized spacial score (nSPS) is 27.4. The molecule has 2 aliphatic rings. The Morgan fingerprint density at radius 1 is 1.11 bits per heavy atom. The predicted molar refractivity (Wildman–Crippen MR) is 70.4 cm³/mol. The Labute approximate surface area is 112 Å². The lowest BCUT2D eigenvalue weighted by molar-refractivity contribution is -0.133. The van der Waals surface area contributed by atoms with Crippen LogP contribution in [0.5, 0.6) is 0 Å². The van der Waals surface area contributed by atoms with Gasteiger partial charge >= 0.3 is 0 Å². The summed E-state index contributed by atoms with van der Waals surface area (Å²) in [6.45, 7) is 1.25. The number of benzene rings is 1. The van der Waals surface area contributed by atoms with Crippen LogP contribution in [0.2, 0.25) is 0 Å². The lowest BCUT2D eigenvalue weighted by Crippen LogP contribution is -2.68. The molecule has 3 rings (SSSR count). The third-order valence-corrected chi connectivity index (χ3v) is 3.78. The van der Waals surface area contributed by atoms with E-state index < -0.39 is 0 Å². The van der Waals surface area contributed by atoms with Gasteiger partial charge in [-0.1, -0.05) is 30.3 Å². The highest BCUT2D eigenvalue weighted by Gasteiger charge is 2.38. The highest BCUT2D eigenvalue weighted by molar-refractivity contribution is 5.83. The molecule has 0 spiro atoms. The van der Waals surface area contributed by atoms with Crippen LogP contribution in [0.25, 0.3) is 0 Å². The van der Waals surface area contributed by atoms with Gasteiger partial charge in [0.2, 0.25) is 11.8 Å². The zero-order chi connectivity index (χ0) is 13.2. The molecule has 1 aromatic carbocycles. The van der Waals surface area contributed by atoms with Gasteiger partial charge in [0.05, 0.1) is 19.1 Å². The maximum atomic E-state index is 11.7. The monoisotopic (exact) mass is 259 g/mol. The molecule has 2 aliphatic heterocycles. The standard InChI is InChI=1S/C14H17N3O2/c18-13-8-17-9-14(19)16-11(12(17)7-15-13)6-10-4-2-1-3-5-10/h1-5,11-12H,6-9H2,(H,15,18)(H,16,19)/t11-,12?/m0/s1. The van der Waals surface area contributed by atoms with Gasteiger partial charge in [-0.15, -0.1) is 0 Å². The van der Waals surface area contributed by atoms with Gasteiger partial charge in [0.25, 0.3) is 0 Å². The van der Waals surface area contributed by atoms with Crippen molar-refractivity contribution in [3.8, 4) is 0 Å². The van der Waals surface area contributed by atoms with E-state index in [0.29, 0.717) is 19.6 Å². The van der Waals surface area contributed by atoms with Crippen LogP contribution in [0.3, 0.4) is 0 Å². The average Bonchev–Trinajstić information content (AvgIpc) is 2.39. The first-order valence-electron chi connectivity index (χ1n) is 6.56. The lowest BCUT2D eigenvalue weighted by Gasteiger charge is -2.43. The van der Waals surface area contributed by atoms with Crippen molar-refractivity contribution < 1.29 is 9.59 Å². The molecule has 5 heteroatoms. The van der Waals surface area contributed by atoms with Gasteiger partial charge < -0.3 is 10.6 Å². The molecule has 2 atom stereocenters. The van der Waals surface area contributed by atoms with Gasteiger partial charge in [-0.2, -0.15) is 0 Å². The van der Waals surface area contributed by atoms with E-state index in [4.69, 9.17) is 0 Å². The Hall–Kier alpha value is -1.88. The van der Waals surface area contributed by atoms with E-state index in [1.54, 1.807) is 0 Å². The van der Waals surface area contributed by atoms with E-state index in [1.165, 1.54) is 5.56 Å². The number of carbonyl (C=O) groups excluding carboxylic acids is 2. The molecule has 2 amide bonds. The molecule has 2 heterocycles.